The maximum Gasteiger partial charge on any atom is 0.286 e. The van der Waals surface area contributed by atoms with Gasteiger partial charge in [-0.2, -0.15) is 10.1 Å². The number of aromatic nitrogens is 2. The van der Waals surface area contributed by atoms with Gasteiger partial charge in [0.05, 0.1) is 11.1 Å². The molecule has 0 spiro atoms. The van der Waals surface area contributed by atoms with Gasteiger partial charge in [0.2, 0.25) is 0 Å². The number of amidine groups is 1. The lowest BCUT2D eigenvalue weighted by Crippen LogP contribution is -2.23. The first-order valence-corrected chi connectivity index (χ1v) is 7.38. The van der Waals surface area contributed by atoms with Crippen molar-refractivity contribution in [3.63, 3.8) is 0 Å². The minimum atomic E-state index is -0.129. The van der Waals surface area contributed by atoms with E-state index in [-0.39, 0.29) is 5.91 Å². The van der Waals surface area contributed by atoms with Gasteiger partial charge < -0.3 is 4.90 Å². The molecule has 3 rings (SSSR count). The van der Waals surface area contributed by atoms with Crippen molar-refractivity contribution in [2.24, 2.45) is 4.99 Å². The van der Waals surface area contributed by atoms with Crippen molar-refractivity contribution >= 4 is 28.9 Å². The van der Waals surface area contributed by atoms with Crippen LogP contribution in [0.15, 0.2) is 22.3 Å². The Bertz CT molecular complexity index is 555. The van der Waals surface area contributed by atoms with Gasteiger partial charge in [-0.1, -0.05) is 0 Å². The number of carbonyl (C=O) groups is 1. The van der Waals surface area contributed by atoms with Gasteiger partial charge in [0, 0.05) is 31.4 Å². The number of aliphatic imine (C=N–C) groups is 1. The SMILES string of the molecule is CCn1cc(/C=C2\SC(N3CCCC3)=NC2=O)cn1. The van der Waals surface area contributed by atoms with E-state index >= 15 is 0 Å². The Morgan fingerprint density at radius 3 is 2.89 bits per heavy atom. The Balaban J connectivity index is 1.75. The summed E-state index contributed by atoms with van der Waals surface area (Å²) in [5.74, 6) is -0.129. The topological polar surface area (TPSA) is 50.5 Å². The number of nitrogens with zero attached hydrogens (tertiary/aromatic N) is 4. The quantitative estimate of drug-likeness (QED) is 0.775. The highest BCUT2D eigenvalue weighted by Crippen LogP contribution is 2.31. The molecule has 2 aliphatic heterocycles. The largest absolute Gasteiger partial charge is 0.351 e. The molecule has 6 heteroatoms. The first kappa shape index (κ1) is 12.5. The lowest BCUT2D eigenvalue weighted by molar-refractivity contribution is -0.113. The van der Waals surface area contributed by atoms with Gasteiger partial charge in [-0.05, 0) is 37.6 Å². The van der Waals surface area contributed by atoms with Crippen LogP contribution in [0.1, 0.15) is 25.3 Å². The standard InChI is InChI=1S/C13H16N4OS/c1-2-17-9-10(8-14-17)7-11-12(18)15-13(19-11)16-5-3-4-6-16/h7-9H,2-6H2,1H3/b11-7-. The second-order valence-electron chi connectivity index (χ2n) is 4.63. The molecule has 1 fully saturated rings. The van der Waals surface area contributed by atoms with E-state index < -0.39 is 0 Å². The summed E-state index contributed by atoms with van der Waals surface area (Å²) in [5, 5.41) is 5.06. The van der Waals surface area contributed by atoms with E-state index in [0.717, 1.165) is 30.4 Å². The van der Waals surface area contributed by atoms with Gasteiger partial charge in [-0.25, -0.2) is 0 Å². The number of likely N-dealkylation sites (tertiary alicyclic amines) is 1. The molecule has 3 heterocycles. The molecule has 0 unspecified atom stereocenters. The Hall–Kier alpha value is -1.56. The summed E-state index contributed by atoms with van der Waals surface area (Å²) < 4.78 is 1.85. The molecule has 0 saturated carbocycles. The lowest BCUT2D eigenvalue weighted by atomic mass is 10.3. The van der Waals surface area contributed by atoms with Crippen LogP contribution in [0.3, 0.4) is 0 Å². The zero-order valence-electron chi connectivity index (χ0n) is 10.9. The Morgan fingerprint density at radius 1 is 1.42 bits per heavy atom. The summed E-state index contributed by atoms with van der Waals surface area (Å²) in [7, 11) is 0. The second kappa shape index (κ2) is 5.21. The van der Waals surface area contributed by atoms with Gasteiger partial charge in [0.25, 0.3) is 5.91 Å². The van der Waals surface area contributed by atoms with Crippen molar-refractivity contribution in [2.75, 3.05) is 13.1 Å². The molecule has 1 amide bonds. The molecule has 0 aromatic carbocycles. The zero-order valence-corrected chi connectivity index (χ0v) is 11.7. The number of hydrogen-bond acceptors (Lipinski definition) is 4. The van der Waals surface area contributed by atoms with Gasteiger partial charge in [-0.15, -0.1) is 0 Å². The minimum absolute atomic E-state index is 0.129. The van der Waals surface area contributed by atoms with Crippen molar-refractivity contribution in [2.45, 2.75) is 26.3 Å². The molecule has 0 atom stereocenters. The van der Waals surface area contributed by atoms with Crippen LogP contribution in [-0.2, 0) is 11.3 Å². The fourth-order valence-electron chi connectivity index (χ4n) is 2.22. The predicted octanol–water partition coefficient (Wildman–Crippen LogP) is 1.97. The summed E-state index contributed by atoms with van der Waals surface area (Å²) >= 11 is 1.48. The highest BCUT2D eigenvalue weighted by Gasteiger charge is 2.27. The Labute approximate surface area is 116 Å². The monoisotopic (exact) mass is 276 g/mol. The smallest absolute Gasteiger partial charge is 0.286 e. The van der Waals surface area contributed by atoms with Crippen LogP contribution >= 0.6 is 11.8 Å². The average Bonchev–Trinajstić information content (AvgIpc) is 3.12. The van der Waals surface area contributed by atoms with E-state index in [4.69, 9.17) is 0 Å². The van der Waals surface area contributed by atoms with Crippen molar-refractivity contribution in [1.82, 2.24) is 14.7 Å². The van der Waals surface area contributed by atoms with E-state index in [1.807, 2.05) is 23.9 Å². The molecule has 5 nitrogen and oxygen atoms in total. The highest BCUT2D eigenvalue weighted by molar-refractivity contribution is 8.18. The molecule has 2 aliphatic rings. The van der Waals surface area contributed by atoms with Gasteiger partial charge in [0.15, 0.2) is 5.17 Å². The number of thioether (sulfide) groups is 1. The number of hydrogen-bond donors (Lipinski definition) is 0. The normalized spacial score (nSPS) is 21.5. The van der Waals surface area contributed by atoms with Gasteiger partial charge >= 0.3 is 0 Å². The summed E-state index contributed by atoms with van der Waals surface area (Å²) in [5.41, 5.74) is 0.954. The Morgan fingerprint density at radius 2 is 2.21 bits per heavy atom. The fourth-order valence-corrected chi connectivity index (χ4v) is 3.18. The molecule has 100 valence electrons. The first-order chi connectivity index (χ1) is 9.26. The fraction of sp³-hybridized carbons (Fsp3) is 0.462. The molecule has 0 aliphatic carbocycles. The molecule has 0 radical (unpaired) electrons. The van der Waals surface area contributed by atoms with Crippen LogP contribution in [0.4, 0.5) is 0 Å². The number of aryl methyl sites for hydroxylation is 1. The molecule has 1 saturated heterocycles. The van der Waals surface area contributed by atoms with Crippen LogP contribution < -0.4 is 0 Å². The molecule has 0 bridgehead atoms. The van der Waals surface area contributed by atoms with Crippen LogP contribution in [0, 0.1) is 0 Å². The summed E-state index contributed by atoms with van der Waals surface area (Å²) in [6, 6.07) is 0. The zero-order chi connectivity index (χ0) is 13.2. The van der Waals surface area contributed by atoms with E-state index in [2.05, 4.69) is 15.0 Å². The van der Waals surface area contributed by atoms with E-state index in [1.165, 1.54) is 24.6 Å². The van der Waals surface area contributed by atoms with Gasteiger partial charge in [0.1, 0.15) is 0 Å². The highest BCUT2D eigenvalue weighted by atomic mass is 32.2. The third-order valence-corrected chi connectivity index (χ3v) is 4.31. The third kappa shape index (κ3) is 2.58. The summed E-state index contributed by atoms with van der Waals surface area (Å²) in [6.45, 7) is 4.90. The number of rotatable bonds is 2. The van der Waals surface area contributed by atoms with Crippen LogP contribution in [0.2, 0.25) is 0 Å². The van der Waals surface area contributed by atoms with Crippen molar-refractivity contribution < 1.29 is 4.79 Å². The second-order valence-corrected chi connectivity index (χ2v) is 5.64. The van der Waals surface area contributed by atoms with Crippen LogP contribution in [-0.4, -0.2) is 38.8 Å². The molecule has 19 heavy (non-hydrogen) atoms. The Kier molecular flexibility index (Phi) is 3.42. The van der Waals surface area contributed by atoms with Crippen LogP contribution in [0.5, 0.6) is 0 Å². The molecule has 1 aromatic heterocycles. The van der Waals surface area contributed by atoms with E-state index in [9.17, 15) is 4.79 Å². The first-order valence-electron chi connectivity index (χ1n) is 6.56. The summed E-state index contributed by atoms with van der Waals surface area (Å²) in [6.07, 6.45) is 7.97. The maximum absolute atomic E-state index is 11.9. The summed E-state index contributed by atoms with van der Waals surface area (Å²) in [4.78, 5) is 18.9. The van der Waals surface area contributed by atoms with Crippen molar-refractivity contribution in [3.8, 4) is 0 Å². The molecular formula is C13H16N4OS. The van der Waals surface area contributed by atoms with Crippen molar-refractivity contribution in [1.29, 1.82) is 0 Å². The number of amides is 1. The molecule has 1 aromatic rings. The van der Waals surface area contributed by atoms with Gasteiger partial charge in [-0.3, -0.25) is 9.48 Å². The lowest BCUT2D eigenvalue weighted by Gasteiger charge is -2.14. The van der Waals surface area contributed by atoms with E-state index in [1.54, 1.807) is 6.20 Å². The molecule has 0 N–H and O–H groups in total. The number of carbonyl (C=O) groups excluding carboxylic acids is 1. The van der Waals surface area contributed by atoms with Crippen molar-refractivity contribution in [3.05, 3.63) is 22.9 Å². The molecular weight excluding hydrogens is 260 g/mol. The van der Waals surface area contributed by atoms with Crippen LogP contribution in [0.25, 0.3) is 6.08 Å². The maximum atomic E-state index is 11.9. The predicted molar refractivity (Wildman–Crippen MR) is 76.7 cm³/mol. The minimum Gasteiger partial charge on any atom is -0.351 e. The van der Waals surface area contributed by atoms with E-state index in [0.29, 0.717) is 4.91 Å². The average molecular weight is 276 g/mol. The third-order valence-electron chi connectivity index (χ3n) is 3.26.